The third-order valence-electron chi connectivity index (χ3n) is 5.22. The molecule has 4 rings (SSSR count). The zero-order valence-electron chi connectivity index (χ0n) is 14.3. The second kappa shape index (κ2) is 7.26. The molecule has 2 heterocycles. The molecule has 0 radical (unpaired) electrons. The summed E-state index contributed by atoms with van der Waals surface area (Å²) in [4.78, 5) is 19.3. The van der Waals surface area contributed by atoms with E-state index < -0.39 is 0 Å². The van der Waals surface area contributed by atoms with E-state index in [1.807, 2.05) is 17.0 Å². The summed E-state index contributed by atoms with van der Waals surface area (Å²) in [6.07, 6.45) is 4.74. The van der Waals surface area contributed by atoms with Crippen LogP contribution in [0.5, 0.6) is 0 Å². The number of nitrogens with zero attached hydrogens (tertiary/aromatic N) is 2. The SMILES string of the molecule is O=C(c1cc2c(s1)CCCC2)N1CCN(Cc2ccccc2F)CC1. The molecule has 0 spiro atoms. The Balaban J connectivity index is 1.36. The third kappa shape index (κ3) is 3.62. The summed E-state index contributed by atoms with van der Waals surface area (Å²) in [6, 6.07) is 9.05. The van der Waals surface area contributed by atoms with Crippen LogP contribution in [0, 0.1) is 5.82 Å². The van der Waals surface area contributed by atoms with Gasteiger partial charge in [-0.2, -0.15) is 0 Å². The van der Waals surface area contributed by atoms with E-state index in [0.29, 0.717) is 6.54 Å². The van der Waals surface area contributed by atoms with Crippen molar-refractivity contribution in [1.29, 1.82) is 0 Å². The van der Waals surface area contributed by atoms with Gasteiger partial charge in [-0.3, -0.25) is 9.69 Å². The van der Waals surface area contributed by atoms with E-state index in [0.717, 1.165) is 49.5 Å². The molecule has 1 saturated heterocycles. The van der Waals surface area contributed by atoms with Crippen molar-refractivity contribution >= 4 is 17.2 Å². The first-order chi connectivity index (χ1) is 12.2. The summed E-state index contributed by atoms with van der Waals surface area (Å²) in [5.74, 6) is 0.0233. The number of hydrogen-bond donors (Lipinski definition) is 0. The lowest BCUT2D eigenvalue weighted by Crippen LogP contribution is -2.48. The van der Waals surface area contributed by atoms with Crippen LogP contribution in [0.4, 0.5) is 4.39 Å². The lowest BCUT2D eigenvalue weighted by atomic mass is 9.99. The van der Waals surface area contributed by atoms with Gasteiger partial charge >= 0.3 is 0 Å². The van der Waals surface area contributed by atoms with Crippen LogP contribution in [0.15, 0.2) is 30.3 Å². The molecule has 0 unspecified atom stereocenters. The molecule has 0 bridgehead atoms. The van der Waals surface area contributed by atoms with Gasteiger partial charge < -0.3 is 4.90 Å². The van der Waals surface area contributed by atoms with Crippen molar-refractivity contribution in [2.24, 2.45) is 0 Å². The first-order valence-electron chi connectivity index (χ1n) is 9.07. The molecule has 1 amide bonds. The van der Waals surface area contributed by atoms with Crippen LogP contribution in [-0.2, 0) is 19.4 Å². The second-order valence-corrected chi connectivity index (χ2v) is 8.06. The molecular formula is C20H23FN2OS. The molecule has 1 aromatic carbocycles. The van der Waals surface area contributed by atoms with Gasteiger partial charge in [0.25, 0.3) is 5.91 Å². The lowest BCUT2D eigenvalue weighted by molar-refractivity contribution is 0.0631. The van der Waals surface area contributed by atoms with Crippen molar-refractivity contribution in [3.63, 3.8) is 0 Å². The quantitative estimate of drug-likeness (QED) is 0.835. The van der Waals surface area contributed by atoms with Gasteiger partial charge in [0.05, 0.1) is 4.88 Å². The van der Waals surface area contributed by atoms with Crippen molar-refractivity contribution in [1.82, 2.24) is 9.80 Å². The Labute approximate surface area is 152 Å². The number of piperazine rings is 1. The van der Waals surface area contributed by atoms with Gasteiger partial charge in [0.15, 0.2) is 0 Å². The highest BCUT2D eigenvalue weighted by molar-refractivity contribution is 7.14. The highest BCUT2D eigenvalue weighted by Gasteiger charge is 2.25. The van der Waals surface area contributed by atoms with Crippen LogP contribution in [-0.4, -0.2) is 41.9 Å². The van der Waals surface area contributed by atoms with E-state index in [4.69, 9.17) is 0 Å². The van der Waals surface area contributed by atoms with Crippen molar-refractivity contribution in [2.45, 2.75) is 32.2 Å². The van der Waals surface area contributed by atoms with Crippen molar-refractivity contribution < 1.29 is 9.18 Å². The van der Waals surface area contributed by atoms with E-state index in [1.54, 1.807) is 17.4 Å². The highest BCUT2D eigenvalue weighted by atomic mass is 32.1. The van der Waals surface area contributed by atoms with E-state index in [-0.39, 0.29) is 11.7 Å². The zero-order chi connectivity index (χ0) is 17.2. The maximum Gasteiger partial charge on any atom is 0.264 e. The second-order valence-electron chi connectivity index (χ2n) is 6.93. The monoisotopic (exact) mass is 358 g/mol. The molecule has 1 fully saturated rings. The van der Waals surface area contributed by atoms with Crippen molar-refractivity contribution in [3.8, 4) is 0 Å². The fraction of sp³-hybridized carbons (Fsp3) is 0.450. The maximum atomic E-state index is 13.8. The number of aryl methyl sites for hydroxylation is 2. The molecule has 2 aromatic rings. The number of carbonyl (C=O) groups is 1. The maximum absolute atomic E-state index is 13.8. The molecule has 1 aliphatic heterocycles. The Morgan fingerprint density at radius 1 is 1.08 bits per heavy atom. The molecular weight excluding hydrogens is 335 g/mol. The minimum absolute atomic E-state index is 0.148. The van der Waals surface area contributed by atoms with Crippen LogP contribution in [0.25, 0.3) is 0 Å². The molecule has 2 aliphatic rings. The van der Waals surface area contributed by atoms with E-state index in [2.05, 4.69) is 11.0 Å². The summed E-state index contributed by atoms with van der Waals surface area (Å²) in [6.45, 7) is 3.64. The standard InChI is InChI=1S/C20H23FN2OS/c21-17-7-3-1-6-16(17)14-22-9-11-23(12-10-22)20(24)19-13-15-5-2-4-8-18(15)25-19/h1,3,6-7,13H,2,4-5,8-12,14H2. The molecule has 0 atom stereocenters. The number of carbonyl (C=O) groups excluding carboxylic acids is 1. The Morgan fingerprint density at radius 2 is 1.84 bits per heavy atom. The Kier molecular flexibility index (Phi) is 4.86. The van der Waals surface area contributed by atoms with E-state index in [9.17, 15) is 9.18 Å². The molecule has 0 N–H and O–H groups in total. The summed E-state index contributed by atoms with van der Waals surface area (Å²) < 4.78 is 13.8. The minimum atomic E-state index is -0.148. The summed E-state index contributed by atoms with van der Waals surface area (Å²) in [5.41, 5.74) is 2.12. The van der Waals surface area contributed by atoms with E-state index >= 15 is 0 Å². The molecule has 132 valence electrons. The zero-order valence-corrected chi connectivity index (χ0v) is 15.2. The van der Waals surface area contributed by atoms with Crippen LogP contribution in [0.2, 0.25) is 0 Å². The first-order valence-corrected chi connectivity index (χ1v) is 9.89. The van der Waals surface area contributed by atoms with Crippen LogP contribution < -0.4 is 0 Å². The Hall–Kier alpha value is -1.72. The Bertz CT molecular complexity index is 741. The average Bonchev–Trinajstić information content (AvgIpc) is 3.08. The van der Waals surface area contributed by atoms with Gasteiger partial charge in [0.1, 0.15) is 5.82 Å². The number of fused-ring (bicyclic) bond motifs is 1. The predicted octanol–water partition coefficient (Wildman–Crippen LogP) is 3.72. The average molecular weight is 358 g/mol. The largest absolute Gasteiger partial charge is 0.335 e. The Morgan fingerprint density at radius 3 is 2.60 bits per heavy atom. The summed E-state index contributed by atoms with van der Waals surface area (Å²) >= 11 is 1.69. The molecule has 25 heavy (non-hydrogen) atoms. The third-order valence-corrected chi connectivity index (χ3v) is 6.44. The fourth-order valence-corrected chi connectivity index (χ4v) is 4.95. The number of benzene rings is 1. The number of hydrogen-bond acceptors (Lipinski definition) is 3. The van der Waals surface area contributed by atoms with Crippen molar-refractivity contribution in [3.05, 3.63) is 57.0 Å². The number of amides is 1. The molecule has 5 heteroatoms. The van der Waals surface area contributed by atoms with Crippen LogP contribution in [0.3, 0.4) is 0 Å². The highest BCUT2D eigenvalue weighted by Crippen LogP contribution is 2.30. The van der Waals surface area contributed by atoms with Crippen LogP contribution in [0.1, 0.15) is 38.5 Å². The van der Waals surface area contributed by atoms with Crippen molar-refractivity contribution in [2.75, 3.05) is 26.2 Å². The fourth-order valence-electron chi connectivity index (χ4n) is 3.73. The number of halogens is 1. The molecule has 1 aliphatic carbocycles. The number of thiophene rings is 1. The molecule has 0 saturated carbocycles. The predicted molar refractivity (Wildman–Crippen MR) is 98.5 cm³/mol. The normalized spacial score (nSPS) is 18.2. The van der Waals surface area contributed by atoms with Gasteiger partial charge in [0.2, 0.25) is 0 Å². The van der Waals surface area contributed by atoms with Gasteiger partial charge in [-0.1, -0.05) is 18.2 Å². The van der Waals surface area contributed by atoms with Crippen LogP contribution >= 0.6 is 11.3 Å². The summed E-state index contributed by atoms with van der Waals surface area (Å²) in [7, 11) is 0. The lowest BCUT2D eigenvalue weighted by Gasteiger charge is -2.34. The molecule has 1 aromatic heterocycles. The topological polar surface area (TPSA) is 23.6 Å². The van der Waals surface area contributed by atoms with Gasteiger partial charge in [-0.05, 0) is 43.4 Å². The van der Waals surface area contributed by atoms with E-state index in [1.165, 1.54) is 29.3 Å². The first kappa shape index (κ1) is 16.7. The van der Waals surface area contributed by atoms with Gasteiger partial charge in [-0.15, -0.1) is 11.3 Å². The number of rotatable bonds is 3. The van der Waals surface area contributed by atoms with Gasteiger partial charge in [-0.25, -0.2) is 4.39 Å². The molecule has 3 nitrogen and oxygen atoms in total. The smallest absolute Gasteiger partial charge is 0.264 e. The van der Waals surface area contributed by atoms with Gasteiger partial charge in [0, 0.05) is 43.2 Å². The summed E-state index contributed by atoms with van der Waals surface area (Å²) in [5, 5.41) is 0. The minimum Gasteiger partial charge on any atom is -0.335 e.